The Bertz CT molecular complexity index is 1220. The predicted molar refractivity (Wildman–Crippen MR) is 125 cm³/mol. The number of pyridine rings is 1. The molecule has 0 aromatic carbocycles. The number of fused-ring (bicyclic) bond motifs is 1. The highest BCUT2D eigenvalue weighted by Gasteiger charge is 2.26. The summed E-state index contributed by atoms with van der Waals surface area (Å²) in [6.45, 7) is 0. The van der Waals surface area contributed by atoms with Gasteiger partial charge in [0.25, 0.3) is 11.5 Å². The minimum absolute atomic E-state index is 0.0914. The normalized spacial score (nSPS) is 20.5. The molecule has 33 heavy (non-hydrogen) atoms. The van der Waals surface area contributed by atoms with E-state index in [4.69, 9.17) is 4.74 Å². The van der Waals surface area contributed by atoms with Crippen LogP contribution in [-0.2, 0) is 4.74 Å². The Hall–Kier alpha value is -3.40. The molecular weight excluding hydrogens is 422 g/mol. The quantitative estimate of drug-likeness (QED) is 0.506. The number of hydrogen-bond donors (Lipinski definition) is 3. The number of anilines is 3. The number of rotatable bonds is 7. The van der Waals surface area contributed by atoms with Crippen LogP contribution in [-0.4, -0.2) is 51.4 Å². The predicted octanol–water partition coefficient (Wildman–Crippen LogP) is 2.70. The molecule has 3 N–H and O–H groups in total. The van der Waals surface area contributed by atoms with Crippen molar-refractivity contribution in [3.05, 3.63) is 46.5 Å². The second kappa shape index (κ2) is 8.86. The molecule has 0 saturated heterocycles. The van der Waals surface area contributed by atoms with E-state index in [0.717, 1.165) is 38.5 Å². The van der Waals surface area contributed by atoms with Gasteiger partial charge >= 0.3 is 0 Å². The Morgan fingerprint density at radius 2 is 1.97 bits per heavy atom. The Kier molecular flexibility index (Phi) is 5.76. The first kappa shape index (κ1) is 21.4. The molecule has 2 aliphatic carbocycles. The number of carbonyl (C=O) groups excluding carboxylic acids is 1. The van der Waals surface area contributed by atoms with Crippen LogP contribution in [0.3, 0.4) is 0 Å². The summed E-state index contributed by atoms with van der Waals surface area (Å²) in [6.07, 6.45) is 9.35. The van der Waals surface area contributed by atoms with Crippen LogP contribution in [0.2, 0.25) is 0 Å². The van der Waals surface area contributed by atoms with Crippen molar-refractivity contribution >= 4 is 28.9 Å². The molecule has 10 heteroatoms. The zero-order valence-corrected chi connectivity index (χ0v) is 18.9. The summed E-state index contributed by atoms with van der Waals surface area (Å²) >= 11 is 0. The fourth-order valence-corrected chi connectivity index (χ4v) is 4.45. The molecule has 0 radical (unpaired) electrons. The molecule has 3 aromatic heterocycles. The third-order valence-electron chi connectivity index (χ3n) is 6.49. The highest BCUT2D eigenvalue weighted by atomic mass is 16.5. The van der Waals surface area contributed by atoms with Gasteiger partial charge in [0.15, 0.2) is 5.65 Å². The molecule has 1 amide bonds. The number of nitrogens with one attached hydrogen (secondary N) is 3. The van der Waals surface area contributed by atoms with Gasteiger partial charge in [0.2, 0.25) is 0 Å². The number of hydrogen-bond acceptors (Lipinski definition) is 7. The van der Waals surface area contributed by atoms with Crippen molar-refractivity contribution in [2.75, 3.05) is 24.8 Å². The lowest BCUT2D eigenvalue weighted by atomic mass is 9.92. The van der Waals surface area contributed by atoms with Crippen LogP contribution >= 0.6 is 0 Å². The monoisotopic (exact) mass is 451 g/mol. The van der Waals surface area contributed by atoms with Gasteiger partial charge in [-0.25, -0.2) is 4.98 Å². The molecule has 2 fully saturated rings. The smallest absolute Gasteiger partial charge is 0.274 e. The molecule has 0 aliphatic heterocycles. The van der Waals surface area contributed by atoms with Gasteiger partial charge in [-0.05, 0) is 50.7 Å². The average molecular weight is 452 g/mol. The topological polar surface area (TPSA) is 115 Å². The van der Waals surface area contributed by atoms with E-state index >= 15 is 0 Å². The van der Waals surface area contributed by atoms with Gasteiger partial charge in [0.05, 0.1) is 12.3 Å². The summed E-state index contributed by atoms with van der Waals surface area (Å²) in [4.78, 5) is 30.5. The number of methoxy groups -OCH3 is 1. The molecule has 0 atom stereocenters. The summed E-state index contributed by atoms with van der Waals surface area (Å²) in [5.74, 6) is 0.931. The van der Waals surface area contributed by atoms with Crippen LogP contribution in [0.4, 0.5) is 17.3 Å². The van der Waals surface area contributed by atoms with Gasteiger partial charge < -0.3 is 25.3 Å². The van der Waals surface area contributed by atoms with Gasteiger partial charge in [-0.15, -0.1) is 0 Å². The number of aromatic nitrogens is 4. The first-order valence-corrected chi connectivity index (χ1v) is 11.5. The highest BCUT2D eigenvalue weighted by Crippen LogP contribution is 2.29. The van der Waals surface area contributed by atoms with Crippen molar-refractivity contribution in [3.63, 3.8) is 0 Å². The molecule has 5 rings (SSSR count). The van der Waals surface area contributed by atoms with E-state index in [9.17, 15) is 9.59 Å². The molecular formula is C23H29N7O3. The lowest BCUT2D eigenvalue weighted by molar-refractivity contribution is 0.0580. The Balaban J connectivity index is 1.44. The number of amides is 1. The van der Waals surface area contributed by atoms with Crippen molar-refractivity contribution < 1.29 is 9.53 Å². The number of nitrogens with zero attached hydrogens (tertiary/aromatic N) is 4. The van der Waals surface area contributed by atoms with Gasteiger partial charge in [-0.1, -0.05) is 0 Å². The van der Waals surface area contributed by atoms with Gasteiger partial charge in [-0.3, -0.25) is 9.59 Å². The standard InChI is InChI=1S/C23H29N7O3/c1-24-20-12-19(28-21-17(13-25-30(20)21)22(31)26-14-5-6-14)27-18-4-3-11-29(23(18)32)15-7-9-16(33-2)10-8-15/h3-4,11-16,24H,5-10H2,1-2H3,(H,26,31)(H,27,28)/t15-,16-. The SMILES string of the molecule is CNc1cc(Nc2cccn([C@H]3CC[C@H](OC)CC3)c2=O)nc2c(C(=O)NC3CC3)cnn12. The minimum Gasteiger partial charge on any atom is -0.381 e. The summed E-state index contributed by atoms with van der Waals surface area (Å²) in [7, 11) is 3.52. The van der Waals surface area contributed by atoms with Crippen molar-refractivity contribution in [1.82, 2.24) is 24.5 Å². The largest absolute Gasteiger partial charge is 0.381 e. The van der Waals surface area contributed by atoms with Crippen molar-refractivity contribution in [2.45, 2.75) is 56.7 Å². The maximum absolute atomic E-state index is 13.2. The van der Waals surface area contributed by atoms with Crippen LogP contribution in [0.5, 0.6) is 0 Å². The van der Waals surface area contributed by atoms with Crippen LogP contribution < -0.4 is 21.5 Å². The third-order valence-corrected chi connectivity index (χ3v) is 6.49. The van der Waals surface area contributed by atoms with E-state index < -0.39 is 0 Å². The van der Waals surface area contributed by atoms with E-state index in [1.165, 1.54) is 6.20 Å². The molecule has 3 aromatic rings. The zero-order chi connectivity index (χ0) is 22.9. The van der Waals surface area contributed by atoms with E-state index in [0.29, 0.717) is 28.5 Å². The van der Waals surface area contributed by atoms with E-state index in [1.54, 1.807) is 35.4 Å². The van der Waals surface area contributed by atoms with Crippen LogP contribution in [0.25, 0.3) is 5.65 Å². The zero-order valence-electron chi connectivity index (χ0n) is 18.9. The molecule has 10 nitrogen and oxygen atoms in total. The lowest BCUT2D eigenvalue weighted by Gasteiger charge is -2.29. The maximum atomic E-state index is 13.2. The summed E-state index contributed by atoms with van der Waals surface area (Å²) in [5.41, 5.74) is 1.18. The summed E-state index contributed by atoms with van der Waals surface area (Å²) in [6, 6.07) is 5.78. The van der Waals surface area contributed by atoms with Crippen molar-refractivity contribution in [1.29, 1.82) is 0 Å². The summed E-state index contributed by atoms with van der Waals surface area (Å²) in [5, 5.41) is 13.5. The Labute approximate surface area is 191 Å². The summed E-state index contributed by atoms with van der Waals surface area (Å²) < 4.78 is 8.85. The maximum Gasteiger partial charge on any atom is 0.274 e. The van der Waals surface area contributed by atoms with Crippen molar-refractivity contribution in [3.8, 4) is 0 Å². The van der Waals surface area contributed by atoms with Crippen LogP contribution in [0, 0.1) is 0 Å². The fourth-order valence-electron chi connectivity index (χ4n) is 4.45. The molecule has 2 saturated carbocycles. The molecule has 2 aliphatic rings. The minimum atomic E-state index is -0.187. The average Bonchev–Trinajstić information content (AvgIpc) is 3.55. The van der Waals surface area contributed by atoms with E-state index in [-0.39, 0.29) is 29.7 Å². The highest BCUT2D eigenvalue weighted by molar-refractivity contribution is 6.00. The molecule has 0 spiro atoms. The van der Waals surface area contributed by atoms with Crippen LogP contribution in [0.15, 0.2) is 35.4 Å². The number of carbonyl (C=O) groups is 1. The van der Waals surface area contributed by atoms with Gasteiger partial charge in [0.1, 0.15) is 22.9 Å². The fraction of sp³-hybridized carbons (Fsp3) is 0.478. The molecule has 3 heterocycles. The lowest BCUT2D eigenvalue weighted by Crippen LogP contribution is -2.30. The van der Waals surface area contributed by atoms with Crippen molar-refractivity contribution in [2.24, 2.45) is 0 Å². The molecule has 0 bridgehead atoms. The molecule has 0 unspecified atom stereocenters. The Morgan fingerprint density at radius 3 is 2.67 bits per heavy atom. The first-order chi connectivity index (χ1) is 16.1. The third kappa shape index (κ3) is 4.30. The van der Waals surface area contributed by atoms with Gasteiger partial charge in [-0.2, -0.15) is 9.61 Å². The van der Waals surface area contributed by atoms with Crippen LogP contribution in [0.1, 0.15) is 54.9 Å². The Morgan fingerprint density at radius 1 is 1.18 bits per heavy atom. The first-order valence-electron chi connectivity index (χ1n) is 11.5. The second-order valence-corrected chi connectivity index (χ2v) is 8.74. The van der Waals surface area contributed by atoms with E-state index in [1.807, 2.05) is 12.3 Å². The number of ether oxygens (including phenoxy) is 1. The van der Waals surface area contributed by atoms with E-state index in [2.05, 4.69) is 26.0 Å². The second-order valence-electron chi connectivity index (χ2n) is 8.74. The van der Waals surface area contributed by atoms with Gasteiger partial charge in [0, 0.05) is 38.5 Å². The molecule has 174 valence electrons.